The third kappa shape index (κ3) is 4.41. The van der Waals surface area contributed by atoms with E-state index in [1.165, 1.54) is 24.8 Å². The van der Waals surface area contributed by atoms with E-state index in [1.54, 1.807) is 0 Å². The van der Waals surface area contributed by atoms with E-state index in [-0.39, 0.29) is 18.1 Å². The van der Waals surface area contributed by atoms with Gasteiger partial charge in [-0.3, -0.25) is 15.8 Å². The normalized spacial score (nSPS) is 29.6. The second-order valence-corrected chi connectivity index (χ2v) is 9.17. The number of hydrazine groups is 1. The maximum atomic E-state index is 12.9. The van der Waals surface area contributed by atoms with E-state index >= 15 is 0 Å². The predicted molar refractivity (Wildman–Crippen MR) is 101 cm³/mol. The molecule has 0 radical (unpaired) electrons. The van der Waals surface area contributed by atoms with Gasteiger partial charge in [-0.25, -0.2) is 13.1 Å². The maximum absolute atomic E-state index is 12.9. The molecule has 3 atom stereocenters. The van der Waals surface area contributed by atoms with Crippen molar-refractivity contribution in [2.45, 2.75) is 56.5 Å². The highest BCUT2D eigenvalue weighted by molar-refractivity contribution is 7.90. The van der Waals surface area contributed by atoms with Crippen molar-refractivity contribution in [1.82, 2.24) is 20.5 Å². The summed E-state index contributed by atoms with van der Waals surface area (Å²) >= 11 is 0. The van der Waals surface area contributed by atoms with Crippen LogP contribution in [0.15, 0.2) is 30.3 Å². The molecule has 0 bridgehead atoms. The van der Waals surface area contributed by atoms with Crippen LogP contribution in [0, 0.1) is 0 Å². The third-order valence-corrected chi connectivity index (χ3v) is 7.48. The van der Waals surface area contributed by atoms with Crippen molar-refractivity contribution in [3.63, 3.8) is 0 Å². The predicted octanol–water partition coefficient (Wildman–Crippen LogP) is 1.39. The van der Waals surface area contributed by atoms with Crippen LogP contribution in [0.2, 0.25) is 0 Å². The first-order valence-electron chi connectivity index (χ1n) is 9.27. The average molecular weight is 367 g/mol. The lowest BCUT2D eigenvalue weighted by molar-refractivity contribution is 0.164. The zero-order valence-corrected chi connectivity index (χ0v) is 15.9. The zero-order chi connectivity index (χ0) is 17.9. The minimum absolute atomic E-state index is 0.0872. The van der Waals surface area contributed by atoms with Gasteiger partial charge in [0.1, 0.15) is 5.25 Å². The van der Waals surface area contributed by atoms with E-state index in [1.807, 2.05) is 32.0 Å². The van der Waals surface area contributed by atoms with Crippen molar-refractivity contribution in [3.05, 3.63) is 35.9 Å². The second-order valence-electron chi connectivity index (χ2n) is 7.25. The molecule has 1 aromatic rings. The van der Waals surface area contributed by atoms with Crippen LogP contribution >= 0.6 is 0 Å². The fraction of sp³-hybridized carbons (Fsp3) is 0.667. The van der Waals surface area contributed by atoms with E-state index in [4.69, 9.17) is 0 Å². The summed E-state index contributed by atoms with van der Waals surface area (Å²) in [5, 5.41) is -0.467. The standard InChI is InChI=1S/C18H30N4O2S/c1-14-18(15(2)21-20-14)25(23,24)19-13-17(16-9-5-3-6-10-16)22-11-7-4-8-12-22/h3,5-6,9-10,14-15,17-21H,4,7-8,11-13H2,1-2H3. The molecule has 3 N–H and O–H groups in total. The van der Waals surface area contributed by atoms with Crippen molar-refractivity contribution < 1.29 is 8.42 Å². The molecule has 0 aliphatic carbocycles. The van der Waals surface area contributed by atoms with Gasteiger partial charge in [0.15, 0.2) is 0 Å². The summed E-state index contributed by atoms with van der Waals surface area (Å²) in [6.45, 7) is 6.28. The molecular weight excluding hydrogens is 336 g/mol. The molecule has 0 amide bonds. The number of rotatable bonds is 6. The van der Waals surface area contributed by atoms with Crippen LogP contribution in [0.1, 0.15) is 44.7 Å². The molecule has 2 aliphatic heterocycles. The smallest absolute Gasteiger partial charge is 0.217 e. The summed E-state index contributed by atoms with van der Waals surface area (Å²) in [6.07, 6.45) is 3.62. The quantitative estimate of drug-likeness (QED) is 0.709. The molecule has 1 aromatic carbocycles. The SMILES string of the molecule is CC1NNC(C)C1S(=O)(=O)NCC(c1ccccc1)N1CCCCC1. The lowest BCUT2D eigenvalue weighted by Crippen LogP contribution is -2.47. The van der Waals surface area contributed by atoms with Gasteiger partial charge >= 0.3 is 0 Å². The molecule has 2 fully saturated rings. The first-order valence-corrected chi connectivity index (χ1v) is 10.8. The summed E-state index contributed by atoms with van der Waals surface area (Å²) in [5.41, 5.74) is 7.23. The van der Waals surface area contributed by atoms with Crippen molar-refractivity contribution >= 4 is 10.0 Å². The van der Waals surface area contributed by atoms with Crippen LogP contribution in [0.3, 0.4) is 0 Å². The minimum atomic E-state index is -3.40. The molecule has 3 rings (SSSR count). The van der Waals surface area contributed by atoms with Crippen LogP contribution < -0.4 is 15.6 Å². The van der Waals surface area contributed by atoms with Gasteiger partial charge in [0.2, 0.25) is 10.0 Å². The van der Waals surface area contributed by atoms with Crippen molar-refractivity contribution in [1.29, 1.82) is 0 Å². The minimum Gasteiger partial charge on any atom is -0.295 e. The Bertz CT molecular complexity index is 636. The first kappa shape index (κ1) is 18.8. The van der Waals surface area contributed by atoms with Crippen LogP contribution in [-0.2, 0) is 10.0 Å². The van der Waals surface area contributed by atoms with Gasteiger partial charge in [0.25, 0.3) is 0 Å². The third-order valence-electron chi connectivity index (χ3n) is 5.38. The number of piperidine rings is 1. The Labute approximate surface area is 151 Å². The number of hydrogen-bond donors (Lipinski definition) is 3. The highest BCUT2D eigenvalue weighted by atomic mass is 32.2. The van der Waals surface area contributed by atoms with E-state index in [2.05, 4.69) is 32.6 Å². The van der Waals surface area contributed by atoms with E-state index in [0.29, 0.717) is 6.54 Å². The summed E-state index contributed by atoms with van der Waals surface area (Å²) in [5.74, 6) is 0. The molecule has 0 saturated carbocycles. The molecule has 3 unspecified atom stereocenters. The Hall–Kier alpha value is -0.990. The fourth-order valence-electron chi connectivity index (χ4n) is 4.05. The molecular formula is C18H30N4O2S. The maximum Gasteiger partial charge on any atom is 0.217 e. The lowest BCUT2D eigenvalue weighted by atomic mass is 10.0. The summed E-state index contributed by atoms with van der Waals surface area (Å²) in [6, 6.07) is 10.1. The monoisotopic (exact) mass is 366 g/mol. The largest absolute Gasteiger partial charge is 0.295 e. The van der Waals surface area contributed by atoms with Gasteiger partial charge in [-0.05, 0) is 45.3 Å². The van der Waals surface area contributed by atoms with Gasteiger partial charge in [-0.1, -0.05) is 36.8 Å². The highest BCUT2D eigenvalue weighted by Crippen LogP contribution is 2.25. The van der Waals surface area contributed by atoms with Crippen LogP contribution in [0.4, 0.5) is 0 Å². The molecule has 25 heavy (non-hydrogen) atoms. The van der Waals surface area contributed by atoms with Gasteiger partial charge < -0.3 is 0 Å². The molecule has 7 heteroatoms. The summed E-state index contributed by atoms with van der Waals surface area (Å²) < 4.78 is 28.6. The van der Waals surface area contributed by atoms with Crippen LogP contribution in [0.25, 0.3) is 0 Å². The first-order chi connectivity index (χ1) is 12.0. The second kappa shape index (κ2) is 8.14. The van der Waals surface area contributed by atoms with Gasteiger partial charge in [-0.2, -0.15) is 0 Å². The molecule has 0 spiro atoms. The van der Waals surface area contributed by atoms with E-state index in [9.17, 15) is 8.42 Å². The lowest BCUT2D eigenvalue weighted by Gasteiger charge is -2.35. The van der Waals surface area contributed by atoms with Gasteiger partial charge in [-0.15, -0.1) is 0 Å². The fourth-order valence-corrected chi connectivity index (χ4v) is 5.85. The number of sulfonamides is 1. The van der Waals surface area contributed by atoms with Gasteiger partial charge in [0.05, 0.1) is 0 Å². The number of likely N-dealkylation sites (tertiary alicyclic amines) is 1. The van der Waals surface area contributed by atoms with E-state index in [0.717, 1.165) is 13.1 Å². The van der Waals surface area contributed by atoms with Crippen LogP contribution in [0.5, 0.6) is 0 Å². The molecule has 2 aliphatic rings. The Morgan fingerprint density at radius 3 is 2.28 bits per heavy atom. The van der Waals surface area contributed by atoms with Crippen LogP contribution in [-0.4, -0.2) is 50.3 Å². The summed E-state index contributed by atoms with van der Waals surface area (Å²) in [4.78, 5) is 2.42. The number of benzene rings is 1. The van der Waals surface area contributed by atoms with Crippen molar-refractivity contribution in [2.24, 2.45) is 0 Å². The molecule has 0 aromatic heterocycles. The topological polar surface area (TPSA) is 73.5 Å². The number of nitrogens with one attached hydrogen (secondary N) is 3. The van der Waals surface area contributed by atoms with Crippen molar-refractivity contribution in [3.8, 4) is 0 Å². The number of hydrogen-bond acceptors (Lipinski definition) is 5. The Morgan fingerprint density at radius 1 is 1.08 bits per heavy atom. The van der Waals surface area contributed by atoms with Crippen molar-refractivity contribution in [2.75, 3.05) is 19.6 Å². The molecule has 2 saturated heterocycles. The number of nitrogens with zero attached hydrogens (tertiary/aromatic N) is 1. The zero-order valence-electron chi connectivity index (χ0n) is 15.1. The van der Waals surface area contributed by atoms with Gasteiger partial charge in [0, 0.05) is 24.7 Å². The Balaban J connectivity index is 1.74. The summed E-state index contributed by atoms with van der Waals surface area (Å²) in [7, 11) is -3.40. The average Bonchev–Trinajstić information content (AvgIpc) is 2.96. The Morgan fingerprint density at radius 2 is 1.68 bits per heavy atom. The molecule has 2 heterocycles. The molecule has 6 nitrogen and oxygen atoms in total. The molecule has 140 valence electrons. The Kier molecular flexibility index (Phi) is 6.12. The van der Waals surface area contributed by atoms with E-state index < -0.39 is 15.3 Å². The highest BCUT2D eigenvalue weighted by Gasteiger charge is 2.40.